The number of aromatic amines is 1. The summed E-state index contributed by atoms with van der Waals surface area (Å²) in [5, 5.41) is 14.1. The zero-order valence-electron chi connectivity index (χ0n) is 11.0. The second-order valence-electron chi connectivity index (χ2n) is 5.16. The fraction of sp³-hybridized carbons (Fsp3) is 0.500. The zero-order valence-corrected chi connectivity index (χ0v) is 12.5. The molecule has 0 atom stereocenters. The summed E-state index contributed by atoms with van der Waals surface area (Å²) in [6, 6.07) is 0. The minimum absolute atomic E-state index is 0.266. The quantitative estimate of drug-likeness (QED) is 0.852. The number of aryl methyl sites for hydroxylation is 1. The van der Waals surface area contributed by atoms with Crippen LogP contribution in [0.1, 0.15) is 26.5 Å². The van der Waals surface area contributed by atoms with Crippen LogP contribution in [0.5, 0.6) is 0 Å². The normalized spacial score (nSPS) is 12.9. The fourth-order valence-corrected chi connectivity index (χ4v) is 2.80. The monoisotopic (exact) mass is 303 g/mol. The van der Waals surface area contributed by atoms with Crippen molar-refractivity contribution < 1.29 is 8.42 Å². The molecule has 0 aromatic carbocycles. The lowest BCUT2D eigenvalue weighted by Crippen LogP contribution is -2.25. The highest BCUT2D eigenvalue weighted by Gasteiger charge is 2.30. The minimum Gasteiger partial charge on any atom is -0.291 e. The lowest BCUT2D eigenvalue weighted by molar-refractivity contribution is 0.367. The van der Waals surface area contributed by atoms with Crippen LogP contribution in [0.3, 0.4) is 0 Å². The summed E-state index contributed by atoms with van der Waals surface area (Å²) in [5.74, 6) is 0.415. The van der Waals surface area contributed by atoms with Gasteiger partial charge in [0.25, 0.3) is 14.2 Å². The van der Waals surface area contributed by atoms with Gasteiger partial charge in [0.15, 0.2) is 5.82 Å². The summed E-state index contributed by atoms with van der Waals surface area (Å²) in [7, 11) is 1.44. The number of nitrogens with one attached hydrogen (secondary N) is 1. The molecular weight excluding hydrogens is 290 g/mol. The molecule has 104 valence electrons. The minimum atomic E-state index is -3.97. The molecule has 0 saturated heterocycles. The van der Waals surface area contributed by atoms with Gasteiger partial charge in [-0.1, -0.05) is 0 Å². The van der Waals surface area contributed by atoms with E-state index < -0.39 is 14.6 Å². The van der Waals surface area contributed by atoms with Crippen molar-refractivity contribution in [3.8, 4) is 11.4 Å². The third-order valence-electron chi connectivity index (χ3n) is 2.59. The van der Waals surface area contributed by atoms with Gasteiger partial charge in [0, 0.05) is 21.9 Å². The van der Waals surface area contributed by atoms with Gasteiger partial charge in [-0.25, -0.2) is 8.42 Å². The Labute approximate surface area is 115 Å². The SMILES string of the molecule is Cc1[nH]ncc1-c1nnc(S(=O)(=O)Cl)n1C(C)(C)C. The lowest BCUT2D eigenvalue weighted by Gasteiger charge is -2.23. The molecule has 0 bridgehead atoms. The van der Waals surface area contributed by atoms with Crippen LogP contribution in [0.15, 0.2) is 11.4 Å². The van der Waals surface area contributed by atoms with Crippen LogP contribution in [-0.2, 0) is 14.6 Å². The molecule has 0 aliphatic heterocycles. The predicted molar refractivity (Wildman–Crippen MR) is 70.4 cm³/mol. The van der Waals surface area contributed by atoms with Gasteiger partial charge in [-0.2, -0.15) is 5.10 Å². The molecule has 7 nitrogen and oxygen atoms in total. The summed E-state index contributed by atoms with van der Waals surface area (Å²) >= 11 is 0. The number of H-pyrrole nitrogens is 1. The van der Waals surface area contributed by atoms with E-state index in [0.29, 0.717) is 11.4 Å². The van der Waals surface area contributed by atoms with Crippen LogP contribution in [-0.4, -0.2) is 33.4 Å². The highest BCUT2D eigenvalue weighted by molar-refractivity contribution is 8.13. The summed E-state index contributed by atoms with van der Waals surface area (Å²) in [6.45, 7) is 7.36. The van der Waals surface area contributed by atoms with Crippen molar-refractivity contribution in [1.82, 2.24) is 25.0 Å². The van der Waals surface area contributed by atoms with E-state index >= 15 is 0 Å². The molecule has 2 rings (SSSR count). The van der Waals surface area contributed by atoms with E-state index in [4.69, 9.17) is 10.7 Å². The first kappa shape index (κ1) is 14.0. The van der Waals surface area contributed by atoms with Gasteiger partial charge in [-0.05, 0) is 27.7 Å². The van der Waals surface area contributed by atoms with Crippen molar-refractivity contribution in [3.05, 3.63) is 11.9 Å². The second-order valence-corrected chi connectivity index (χ2v) is 7.62. The molecule has 1 N–H and O–H groups in total. The van der Waals surface area contributed by atoms with Gasteiger partial charge in [-0.15, -0.1) is 10.2 Å². The Balaban J connectivity index is 2.79. The Morgan fingerprint density at radius 2 is 1.95 bits per heavy atom. The largest absolute Gasteiger partial charge is 0.296 e. The van der Waals surface area contributed by atoms with Gasteiger partial charge < -0.3 is 0 Å². The Morgan fingerprint density at radius 3 is 2.37 bits per heavy atom. The molecule has 19 heavy (non-hydrogen) atoms. The predicted octanol–water partition coefficient (Wildman–Crippen LogP) is 1.66. The molecule has 0 saturated carbocycles. The van der Waals surface area contributed by atoms with Gasteiger partial charge in [-0.3, -0.25) is 9.67 Å². The van der Waals surface area contributed by atoms with E-state index in [2.05, 4.69) is 20.4 Å². The van der Waals surface area contributed by atoms with E-state index in [9.17, 15) is 8.42 Å². The fourth-order valence-electron chi connectivity index (χ4n) is 1.78. The van der Waals surface area contributed by atoms with Crippen LogP contribution < -0.4 is 0 Å². The molecule has 0 aliphatic carbocycles. The van der Waals surface area contributed by atoms with Crippen molar-refractivity contribution in [2.24, 2.45) is 0 Å². The molecule has 2 heterocycles. The lowest BCUT2D eigenvalue weighted by atomic mass is 10.1. The average molecular weight is 304 g/mol. The molecule has 9 heteroatoms. The molecule has 2 aromatic heterocycles. The van der Waals surface area contributed by atoms with E-state index in [1.807, 2.05) is 27.7 Å². The first-order valence-corrected chi connectivity index (χ1v) is 7.84. The number of aromatic nitrogens is 5. The summed E-state index contributed by atoms with van der Waals surface area (Å²) < 4.78 is 24.7. The number of rotatable bonds is 2. The topological polar surface area (TPSA) is 93.5 Å². The van der Waals surface area contributed by atoms with Crippen LogP contribution in [0, 0.1) is 6.92 Å². The van der Waals surface area contributed by atoms with Crippen LogP contribution in [0.4, 0.5) is 0 Å². The molecule has 0 aliphatic rings. The van der Waals surface area contributed by atoms with Crippen molar-refractivity contribution in [2.75, 3.05) is 0 Å². The van der Waals surface area contributed by atoms with E-state index in [1.165, 1.54) is 4.57 Å². The van der Waals surface area contributed by atoms with Crippen LogP contribution in [0.2, 0.25) is 0 Å². The van der Waals surface area contributed by atoms with Crippen molar-refractivity contribution in [2.45, 2.75) is 38.4 Å². The number of hydrogen-bond acceptors (Lipinski definition) is 5. The first-order valence-electron chi connectivity index (χ1n) is 5.53. The first-order chi connectivity index (χ1) is 8.62. The second kappa shape index (κ2) is 4.31. The maximum Gasteiger partial charge on any atom is 0.296 e. The maximum absolute atomic E-state index is 11.6. The molecule has 0 amide bonds. The van der Waals surface area contributed by atoms with E-state index in [0.717, 1.165) is 5.69 Å². The van der Waals surface area contributed by atoms with Gasteiger partial charge >= 0.3 is 0 Å². The van der Waals surface area contributed by atoms with E-state index in [1.54, 1.807) is 6.20 Å². The van der Waals surface area contributed by atoms with Crippen molar-refractivity contribution >= 4 is 19.7 Å². The zero-order chi connectivity index (χ0) is 14.4. The number of halogens is 1. The van der Waals surface area contributed by atoms with Crippen molar-refractivity contribution in [3.63, 3.8) is 0 Å². The summed E-state index contributed by atoms with van der Waals surface area (Å²) in [6.07, 6.45) is 1.58. The Bertz CT molecular complexity index is 711. The standard InChI is InChI=1S/C10H14ClN5O2S/c1-6-7(5-12-13-6)8-14-15-9(19(11,17)18)16(8)10(2,3)4/h5H,1-4H3,(H,12,13). The summed E-state index contributed by atoms with van der Waals surface area (Å²) in [5.41, 5.74) is 0.922. The number of hydrogen-bond donors (Lipinski definition) is 1. The molecule has 2 aromatic rings. The van der Waals surface area contributed by atoms with Crippen LogP contribution in [0.25, 0.3) is 11.4 Å². The third kappa shape index (κ3) is 2.50. The molecule has 0 spiro atoms. The van der Waals surface area contributed by atoms with Crippen LogP contribution >= 0.6 is 10.7 Å². The van der Waals surface area contributed by atoms with Crippen molar-refractivity contribution in [1.29, 1.82) is 0 Å². The highest BCUT2D eigenvalue weighted by Crippen LogP contribution is 2.30. The molecular formula is C10H14ClN5O2S. The molecule has 0 radical (unpaired) electrons. The highest BCUT2D eigenvalue weighted by atomic mass is 35.7. The summed E-state index contributed by atoms with van der Waals surface area (Å²) in [4.78, 5) is 0. The Morgan fingerprint density at radius 1 is 1.32 bits per heavy atom. The maximum atomic E-state index is 11.6. The van der Waals surface area contributed by atoms with Gasteiger partial charge in [0.1, 0.15) is 0 Å². The molecule has 0 fully saturated rings. The smallest absolute Gasteiger partial charge is 0.291 e. The third-order valence-corrected chi connectivity index (χ3v) is 3.71. The average Bonchev–Trinajstić information content (AvgIpc) is 2.79. The molecule has 0 unspecified atom stereocenters. The Hall–Kier alpha value is -1.41. The van der Waals surface area contributed by atoms with E-state index in [-0.39, 0.29) is 5.16 Å². The van der Waals surface area contributed by atoms with Gasteiger partial charge in [0.2, 0.25) is 0 Å². The Kier molecular flexibility index (Phi) is 3.18. The van der Waals surface area contributed by atoms with Gasteiger partial charge in [0.05, 0.1) is 11.8 Å². The number of nitrogens with zero attached hydrogens (tertiary/aromatic N) is 4.